The summed E-state index contributed by atoms with van der Waals surface area (Å²) in [6.07, 6.45) is 3.48. The van der Waals surface area contributed by atoms with E-state index in [2.05, 4.69) is 23.6 Å². The molecule has 3 rings (SSSR count). The van der Waals surface area contributed by atoms with Gasteiger partial charge in [-0.1, -0.05) is 31.0 Å². The fourth-order valence-corrected chi connectivity index (χ4v) is 3.45. The lowest BCUT2D eigenvalue weighted by Crippen LogP contribution is -2.21. The molecule has 1 unspecified atom stereocenters. The Hall–Kier alpha value is -0.860. The summed E-state index contributed by atoms with van der Waals surface area (Å²) in [5, 5.41) is 14.0. The van der Waals surface area contributed by atoms with Crippen LogP contribution < -0.4 is 0 Å². The summed E-state index contributed by atoms with van der Waals surface area (Å²) in [6.45, 7) is 1.96. The fourth-order valence-electron chi connectivity index (χ4n) is 2.41. The number of hydrogen-bond acceptors (Lipinski definition) is 2. The molecule has 1 fully saturated rings. The summed E-state index contributed by atoms with van der Waals surface area (Å²) in [5.74, 6) is 0.741. The largest absolute Gasteiger partial charge is 0.385 e. The Bertz CT molecular complexity index is 508. The molecule has 0 amide bonds. The van der Waals surface area contributed by atoms with Crippen molar-refractivity contribution in [1.82, 2.24) is 0 Å². The average Bonchev–Trinajstić information content (AvgIpc) is 2.92. The molecule has 1 nitrogen and oxygen atoms in total. The molecule has 1 aromatic carbocycles. The van der Waals surface area contributed by atoms with Gasteiger partial charge in [-0.3, -0.25) is 0 Å². The number of benzene rings is 1. The van der Waals surface area contributed by atoms with Crippen molar-refractivity contribution in [2.45, 2.75) is 31.8 Å². The highest BCUT2D eigenvalue weighted by molar-refractivity contribution is 7.17. The minimum atomic E-state index is -0.661. The first kappa shape index (κ1) is 10.3. The second kappa shape index (κ2) is 3.57. The smallest absolute Gasteiger partial charge is 0.0885 e. The maximum atomic E-state index is 10.6. The lowest BCUT2D eigenvalue weighted by atomic mass is 9.90. The average molecular weight is 232 g/mol. The second-order valence-electron chi connectivity index (χ2n) is 5.07. The normalized spacial score (nSPS) is 19.9. The van der Waals surface area contributed by atoms with Gasteiger partial charge >= 0.3 is 0 Å². The van der Waals surface area contributed by atoms with Gasteiger partial charge < -0.3 is 5.11 Å². The van der Waals surface area contributed by atoms with Gasteiger partial charge in [0.05, 0.1) is 5.60 Å². The number of aliphatic hydroxyl groups is 1. The highest BCUT2D eigenvalue weighted by Gasteiger charge is 2.33. The molecule has 1 aliphatic rings. The van der Waals surface area contributed by atoms with Gasteiger partial charge in [-0.2, -0.15) is 0 Å². The van der Waals surface area contributed by atoms with Crippen LogP contribution in [0.4, 0.5) is 0 Å². The molecule has 0 radical (unpaired) electrons. The van der Waals surface area contributed by atoms with Crippen LogP contribution in [0.2, 0.25) is 0 Å². The van der Waals surface area contributed by atoms with Crippen molar-refractivity contribution >= 4 is 21.4 Å². The zero-order valence-electron chi connectivity index (χ0n) is 9.44. The van der Waals surface area contributed by atoms with E-state index in [9.17, 15) is 5.11 Å². The molecular formula is C14H16OS. The number of rotatable bonds is 3. The quantitative estimate of drug-likeness (QED) is 0.850. The Morgan fingerprint density at radius 3 is 2.94 bits per heavy atom. The topological polar surface area (TPSA) is 20.2 Å². The number of thiophene rings is 1. The second-order valence-corrected chi connectivity index (χ2v) is 5.98. The lowest BCUT2D eigenvalue weighted by Gasteiger charge is -2.24. The van der Waals surface area contributed by atoms with E-state index in [4.69, 9.17) is 0 Å². The SMILES string of the molecule is CC(O)(CC1CC1)c1cccc2ccsc12. The first-order valence-corrected chi connectivity index (χ1v) is 6.74. The first-order chi connectivity index (χ1) is 7.67. The predicted molar refractivity (Wildman–Crippen MR) is 68.7 cm³/mol. The van der Waals surface area contributed by atoms with Gasteiger partial charge in [-0.25, -0.2) is 0 Å². The third-order valence-electron chi connectivity index (χ3n) is 3.44. The molecule has 16 heavy (non-hydrogen) atoms. The highest BCUT2D eigenvalue weighted by Crippen LogP contribution is 2.42. The van der Waals surface area contributed by atoms with Gasteiger partial charge in [-0.05, 0) is 36.1 Å². The number of hydrogen-bond donors (Lipinski definition) is 1. The van der Waals surface area contributed by atoms with E-state index in [0.717, 1.165) is 17.9 Å². The standard InChI is InChI=1S/C14H16OS/c1-14(15,9-10-5-6-10)12-4-2-3-11-7-8-16-13(11)12/h2-4,7-8,10,15H,5-6,9H2,1H3. The third-order valence-corrected chi connectivity index (χ3v) is 4.41. The van der Waals surface area contributed by atoms with Crippen LogP contribution in [0.5, 0.6) is 0 Å². The van der Waals surface area contributed by atoms with Crippen LogP contribution in [0.15, 0.2) is 29.6 Å². The maximum absolute atomic E-state index is 10.6. The third kappa shape index (κ3) is 1.76. The van der Waals surface area contributed by atoms with E-state index in [1.807, 2.05) is 13.0 Å². The molecule has 0 saturated heterocycles. The first-order valence-electron chi connectivity index (χ1n) is 5.86. The Morgan fingerprint density at radius 2 is 2.19 bits per heavy atom. The minimum Gasteiger partial charge on any atom is -0.385 e. The maximum Gasteiger partial charge on any atom is 0.0885 e. The van der Waals surface area contributed by atoms with Crippen molar-refractivity contribution in [1.29, 1.82) is 0 Å². The highest BCUT2D eigenvalue weighted by atomic mass is 32.1. The Balaban J connectivity index is 2.05. The van der Waals surface area contributed by atoms with Crippen molar-refractivity contribution in [2.75, 3.05) is 0 Å². The summed E-state index contributed by atoms with van der Waals surface area (Å²) in [7, 11) is 0. The zero-order chi connectivity index (χ0) is 11.2. The Labute approximate surface area is 99.7 Å². The van der Waals surface area contributed by atoms with Gasteiger partial charge in [0.2, 0.25) is 0 Å². The van der Waals surface area contributed by atoms with Crippen molar-refractivity contribution < 1.29 is 5.11 Å². The summed E-state index contributed by atoms with van der Waals surface area (Å²) < 4.78 is 1.24. The molecule has 1 aromatic heterocycles. The van der Waals surface area contributed by atoms with Gasteiger partial charge in [0.15, 0.2) is 0 Å². The van der Waals surface area contributed by atoms with Gasteiger partial charge in [0.1, 0.15) is 0 Å². The van der Waals surface area contributed by atoms with Crippen LogP contribution in [0, 0.1) is 5.92 Å². The van der Waals surface area contributed by atoms with Crippen molar-refractivity contribution in [3.63, 3.8) is 0 Å². The van der Waals surface area contributed by atoms with Crippen LogP contribution in [0.1, 0.15) is 31.7 Å². The van der Waals surface area contributed by atoms with E-state index < -0.39 is 5.60 Å². The Kier molecular flexibility index (Phi) is 2.30. The van der Waals surface area contributed by atoms with E-state index >= 15 is 0 Å². The zero-order valence-corrected chi connectivity index (χ0v) is 10.3. The molecule has 2 heteroatoms. The molecule has 1 saturated carbocycles. The van der Waals surface area contributed by atoms with E-state index in [1.165, 1.54) is 22.9 Å². The molecule has 84 valence electrons. The fraction of sp³-hybridized carbons (Fsp3) is 0.429. The van der Waals surface area contributed by atoms with Gasteiger partial charge in [0.25, 0.3) is 0 Å². The molecule has 1 heterocycles. The minimum absolute atomic E-state index is 0.661. The molecule has 1 N–H and O–H groups in total. The van der Waals surface area contributed by atoms with Gasteiger partial charge in [0, 0.05) is 10.3 Å². The predicted octanol–water partition coefficient (Wildman–Crippen LogP) is 3.91. The van der Waals surface area contributed by atoms with Crippen LogP contribution in [0.3, 0.4) is 0 Å². The van der Waals surface area contributed by atoms with Crippen LogP contribution in [-0.4, -0.2) is 5.11 Å². The van der Waals surface area contributed by atoms with E-state index in [-0.39, 0.29) is 0 Å². The van der Waals surface area contributed by atoms with Crippen molar-refractivity contribution in [2.24, 2.45) is 5.92 Å². The summed E-state index contributed by atoms with van der Waals surface area (Å²) in [4.78, 5) is 0. The van der Waals surface area contributed by atoms with Crippen LogP contribution in [0.25, 0.3) is 10.1 Å². The molecule has 0 bridgehead atoms. The van der Waals surface area contributed by atoms with Crippen LogP contribution >= 0.6 is 11.3 Å². The molecule has 2 aromatic rings. The summed E-state index contributed by atoms with van der Waals surface area (Å²) in [6, 6.07) is 8.35. The molecule has 0 aliphatic heterocycles. The van der Waals surface area contributed by atoms with Gasteiger partial charge in [-0.15, -0.1) is 11.3 Å². The number of fused-ring (bicyclic) bond motifs is 1. The Morgan fingerprint density at radius 1 is 1.38 bits per heavy atom. The van der Waals surface area contributed by atoms with E-state index in [0.29, 0.717) is 0 Å². The monoisotopic (exact) mass is 232 g/mol. The van der Waals surface area contributed by atoms with Crippen LogP contribution in [-0.2, 0) is 5.60 Å². The van der Waals surface area contributed by atoms with E-state index in [1.54, 1.807) is 11.3 Å². The molecule has 1 atom stereocenters. The summed E-state index contributed by atoms with van der Waals surface area (Å²) >= 11 is 1.73. The molecule has 1 aliphatic carbocycles. The molecular weight excluding hydrogens is 216 g/mol. The lowest BCUT2D eigenvalue weighted by molar-refractivity contribution is 0.0434. The van der Waals surface area contributed by atoms with Crippen molar-refractivity contribution in [3.8, 4) is 0 Å². The summed E-state index contributed by atoms with van der Waals surface area (Å²) in [5.41, 5.74) is 0.442. The molecule has 0 spiro atoms. The van der Waals surface area contributed by atoms with Crippen molar-refractivity contribution in [3.05, 3.63) is 35.2 Å².